The Morgan fingerprint density at radius 3 is 2.56 bits per heavy atom. The van der Waals surface area contributed by atoms with Crippen LogP contribution < -0.4 is 0 Å². The Morgan fingerprint density at radius 2 is 1.94 bits per heavy atom. The number of carbonyl (C=O) groups is 1. The molecule has 0 saturated carbocycles. The van der Waals surface area contributed by atoms with Gasteiger partial charge in [0.05, 0.1) is 0 Å². The molecule has 0 fully saturated rings. The molecule has 2 heteroatoms. The lowest BCUT2D eigenvalue weighted by molar-refractivity contribution is -0.143. The van der Waals surface area contributed by atoms with E-state index in [1.165, 1.54) is 11.6 Å². The van der Waals surface area contributed by atoms with Crippen LogP contribution in [0.4, 0.5) is 0 Å². The average Bonchev–Trinajstić information content (AvgIpc) is 2.42. The lowest BCUT2D eigenvalue weighted by Gasteiger charge is -2.16. The van der Waals surface area contributed by atoms with Gasteiger partial charge in [0, 0.05) is 6.08 Å². The van der Waals surface area contributed by atoms with Gasteiger partial charge in [0.2, 0.25) is 0 Å². The highest BCUT2D eigenvalue weighted by molar-refractivity contribution is 5.81. The first-order valence-corrected chi connectivity index (χ1v) is 6.24. The number of esters is 1. The maximum atomic E-state index is 11.2. The molecule has 0 aromatic heterocycles. The molecule has 1 atom stereocenters. The normalized spacial score (nSPS) is 11.6. The molecule has 1 aromatic rings. The molecule has 0 bridgehead atoms. The predicted molar refractivity (Wildman–Crippen MR) is 74.3 cm³/mol. The largest absolute Gasteiger partial charge is 0.459 e. The van der Waals surface area contributed by atoms with Gasteiger partial charge in [-0.1, -0.05) is 43.0 Å². The van der Waals surface area contributed by atoms with Crippen LogP contribution in [0.1, 0.15) is 24.8 Å². The average molecular weight is 244 g/mol. The summed E-state index contributed by atoms with van der Waals surface area (Å²) in [6.45, 7) is 7.11. The summed E-state index contributed by atoms with van der Waals surface area (Å²) in [7, 11) is 0. The standard InChI is InChI=1S/C16H20O2/c1-3-5-11-15(18-16(17)4-2)13-12-14-9-7-6-8-10-14/h3-4,6-10,15H,1-2,5,11-13H2. The van der Waals surface area contributed by atoms with Crippen LogP contribution in [0.3, 0.4) is 0 Å². The first-order valence-electron chi connectivity index (χ1n) is 6.24. The third-order valence-electron chi connectivity index (χ3n) is 2.74. The summed E-state index contributed by atoms with van der Waals surface area (Å²) >= 11 is 0. The van der Waals surface area contributed by atoms with Crippen LogP contribution in [0.2, 0.25) is 0 Å². The van der Waals surface area contributed by atoms with E-state index >= 15 is 0 Å². The summed E-state index contributed by atoms with van der Waals surface area (Å²) < 4.78 is 5.32. The van der Waals surface area contributed by atoms with Crippen molar-refractivity contribution in [1.29, 1.82) is 0 Å². The van der Waals surface area contributed by atoms with Gasteiger partial charge in [-0.25, -0.2) is 4.79 Å². The van der Waals surface area contributed by atoms with Crippen molar-refractivity contribution in [2.75, 3.05) is 0 Å². The summed E-state index contributed by atoms with van der Waals surface area (Å²) in [5, 5.41) is 0. The van der Waals surface area contributed by atoms with Gasteiger partial charge in [-0.3, -0.25) is 0 Å². The summed E-state index contributed by atoms with van der Waals surface area (Å²) in [4.78, 5) is 11.2. The van der Waals surface area contributed by atoms with E-state index in [0.29, 0.717) is 0 Å². The molecular weight excluding hydrogens is 224 g/mol. The van der Waals surface area contributed by atoms with E-state index in [0.717, 1.165) is 25.7 Å². The van der Waals surface area contributed by atoms with Gasteiger partial charge in [0.25, 0.3) is 0 Å². The molecule has 96 valence electrons. The van der Waals surface area contributed by atoms with Crippen LogP contribution in [0.15, 0.2) is 55.6 Å². The number of hydrogen-bond acceptors (Lipinski definition) is 2. The van der Waals surface area contributed by atoms with Gasteiger partial charge in [0.1, 0.15) is 6.10 Å². The smallest absolute Gasteiger partial charge is 0.330 e. The van der Waals surface area contributed by atoms with Crippen molar-refractivity contribution < 1.29 is 9.53 Å². The molecule has 0 amide bonds. The Bertz CT molecular complexity index is 381. The third-order valence-corrected chi connectivity index (χ3v) is 2.74. The summed E-state index contributed by atoms with van der Waals surface area (Å²) in [5.74, 6) is -0.350. The summed E-state index contributed by atoms with van der Waals surface area (Å²) in [6.07, 6.45) is 6.40. The Hall–Kier alpha value is -1.83. The fourth-order valence-corrected chi connectivity index (χ4v) is 1.75. The van der Waals surface area contributed by atoms with Gasteiger partial charge in [0.15, 0.2) is 0 Å². The van der Waals surface area contributed by atoms with Gasteiger partial charge in [-0.2, -0.15) is 0 Å². The number of hydrogen-bond donors (Lipinski definition) is 0. The minimum atomic E-state index is -0.350. The van der Waals surface area contributed by atoms with Crippen molar-refractivity contribution in [2.45, 2.75) is 31.8 Å². The fourth-order valence-electron chi connectivity index (χ4n) is 1.75. The summed E-state index contributed by atoms with van der Waals surface area (Å²) in [6, 6.07) is 10.2. The van der Waals surface area contributed by atoms with Crippen molar-refractivity contribution in [1.82, 2.24) is 0 Å². The first kappa shape index (κ1) is 14.2. The van der Waals surface area contributed by atoms with E-state index in [2.05, 4.69) is 25.3 Å². The highest BCUT2D eigenvalue weighted by Gasteiger charge is 2.11. The Kier molecular flexibility index (Phi) is 6.55. The zero-order chi connectivity index (χ0) is 13.2. The van der Waals surface area contributed by atoms with Crippen LogP contribution in [0, 0.1) is 0 Å². The minimum Gasteiger partial charge on any atom is -0.459 e. The van der Waals surface area contributed by atoms with E-state index in [9.17, 15) is 4.79 Å². The van der Waals surface area contributed by atoms with Crippen LogP contribution in [0.5, 0.6) is 0 Å². The molecule has 18 heavy (non-hydrogen) atoms. The second-order valence-electron chi connectivity index (χ2n) is 4.15. The van der Waals surface area contributed by atoms with Crippen molar-refractivity contribution >= 4 is 5.97 Å². The zero-order valence-electron chi connectivity index (χ0n) is 10.7. The Morgan fingerprint density at radius 1 is 1.22 bits per heavy atom. The maximum Gasteiger partial charge on any atom is 0.330 e. The topological polar surface area (TPSA) is 26.3 Å². The Balaban J connectivity index is 2.47. The van der Waals surface area contributed by atoms with E-state index in [4.69, 9.17) is 4.74 Å². The SMILES string of the molecule is C=CCCC(CCc1ccccc1)OC(=O)C=C. The van der Waals surface area contributed by atoms with E-state index in [-0.39, 0.29) is 12.1 Å². The molecule has 0 heterocycles. The monoisotopic (exact) mass is 244 g/mol. The molecule has 0 aliphatic carbocycles. The van der Waals surface area contributed by atoms with Gasteiger partial charge >= 0.3 is 5.97 Å². The lowest BCUT2D eigenvalue weighted by atomic mass is 10.0. The number of aryl methyl sites for hydroxylation is 1. The number of rotatable bonds is 8. The molecule has 0 aliphatic rings. The van der Waals surface area contributed by atoms with Crippen molar-refractivity contribution in [3.05, 3.63) is 61.2 Å². The number of carbonyl (C=O) groups excluding carboxylic acids is 1. The molecule has 1 aromatic carbocycles. The fraction of sp³-hybridized carbons (Fsp3) is 0.312. The Labute approximate surface area is 109 Å². The molecule has 0 radical (unpaired) electrons. The van der Waals surface area contributed by atoms with Crippen LogP contribution in [-0.2, 0) is 16.0 Å². The van der Waals surface area contributed by atoms with Crippen molar-refractivity contribution in [3.63, 3.8) is 0 Å². The molecule has 0 aliphatic heterocycles. The molecule has 0 saturated heterocycles. The van der Waals surface area contributed by atoms with Crippen LogP contribution in [-0.4, -0.2) is 12.1 Å². The predicted octanol–water partition coefficient (Wildman–Crippen LogP) is 3.68. The quantitative estimate of drug-likeness (QED) is 0.396. The third kappa shape index (κ3) is 5.48. The van der Waals surface area contributed by atoms with E-state index in [1.54, 1.807) is 0 Å². The highest BCUT2D eigenvalue weighted by Crippen LogP contribution is 2.12. The van der Waals surface area contributed by atoms with Crippen LogP contribution >= 0.6 is 0 Å². The molecule has 0 spiro atoms. The number of ether oxygens (including phenoxy) is 1. The number of benzene rings is 1. The van der Waals surface area contributed by atoms with Crippen molar-refractivity contribution in [3.8, 4) is 0 Å². The summed E-state index contributed by atoms with van der Waals surface area (Å²) in [5.41, 5.74) is 1.26. The van der Waals surface area contributed by atoms with Gasteiger partial charge < -0.3 is 4.74 Å². The highest BCUT2D eigenvalue weighted by atomic mass is 16.5. The molecular formula is C16H20O2. The molecule has 2 nitrogen and oxygen atoms in total. The minimum absolute atomic E-state index is 0.0614. The van der Waals surface area contributed by atoms with Gasteiger partial charge in [-0.05, 0) is 31.2 Å². The van der Waals surface area contributed by atoms with Gasteiger partial charge in [-0.15, -0.1) is 6.58 Å². The first-order chi connectivity index (χ1) is 8.76. The van der Waals surface area contributed by atoms with Crippen LogP contribution in [0.25, 0.3) is 0 Å². The second-order valence-corrected chi connectivity index (χ2v) is 4.15. The van der Waals surface area contributed by atoms with E-state index in [1.807, 2.05) is 24.3 Å². The lowest BCUT2D eigenvalue weighted by Crippen LogP contribution is -2.17. The van der Waals surface area contributed by atoms with Crippen molar-refractivity contribution in [2.24, 2.45) is 0 Å². The molecule has 1 rings (SSSR count). The maximum absolute atomic E-state index is 11.2. The molecule has 0 N–H and O–H groups in total. The zero-order valence-corrected chi connectivity index (χ0v) is 10.7. The number of allylic oxidation sites excluding steroid dienone is 1. The van der Waals surface area contributed by atoms with E-state index < -0.39 is 0 Å². The molecule has 1 unspecified atom stereocenters. The second kappa shape index (κ2) is 8.29.